The van der Waals surface area contributed by atoms with Crippen molar-refractivity contribution in [3.8, 4) is 11.1 Å². The Bertz CT molecular complexity index is 847. The molecule has 1 atom stereocenters. The number of nitrogens with zero attached hydrogens (tertiary/aromatic N) is 2. The number of likely N-dealkylation sites (N-methyl/N-ethyl adjacent to an activating group) is 2. The summed E-state index contributed by atoms with van der Waals surface area (Å²) in [7, 11) is 1.65. The summed E-state index contributed by atoms with van der Waals surface area (Å²) < 4.78 is 0. The molecule has 2 aromatic carbocycles. The van der Waals surface area contributed by atoms with E-state index in [1.54, 1.807) is 7.05 Å². The number of carbonyl (C=O) groups is 2. The van der Waals surface area contributed by atoms with Crippen LogP contribution >= 0.6 is 0 Å². The van der Waals surface area contributed by atoms with Gasteiger partial charge in [-0.1, -0.05) is 54.1 Å². The summed E-state index contributed by atoms with van der Waals surface area (Å²) in [4.78, 5) is 29.1. The third-order valence-corrected chi connectivity index (χ3v) is 5.70. The molecule has 1 heterocycles. The van der Waals surface area contributed by atoms with Gasteiger partial charge < -0.3 is 10.2 Å². The quantitative estimate of drug-likeness (QED) is 0.821. The number of amides is 2. The van der Waals surface area contributed by atoms with Gasteiger partial charge in [0.05, 0.1) is 12.5 Å². The number of aryl methyl sites for hydroxylation is 1. The van der Waals surface area contributed by atoms with Crippen LogP contribution in [0.1, 0.15) is 18.1 Å². The van der Waals surface area contributed by atoms with Gasteiger partial charge in [0.2, 0.25) is 11.8 Å². The monoisotopic (exact) mass is 393 g/mol. The summed E-state index contributed by atoms with van der Waals surface area (Å²) in [5, 5.41) is 2.69. The first kappa shape index (κ1) is 21.1. The largest absolute Gasteiger partial charge is 0.358 e. The molecular weight excluding hydrogens is 362 g/mol. The van der Waals surface area contributed by atoms with E-state index in [9.17, 15) is 9.59 Å². The lowest BCUT2D eigenvalue weighted by molar-refractivity contribution is -0.134. The molecule has 0 unspecified atom stereocenters. The summed E-state index contributed by atoms with van der Waals surface area (Å²) in [5.41, 5.74) is 4.74. The van der Waals surface area contributed by atoms with E-state index in [2.05, 4.69) is 53.5 Å². The highest BCUT2D eigenvalue weighted by Crippen LogP contribution is 2.27. The van der Waals surface area contributed by atoms with Crippen LogP contribution in [0.5, 0.6) is 0 Å². The minimum Gasteiger partial charge on any atom is -0.358 e. The Labute approximate surface area is 173 Å². The van der Waals surface area contributed by atoms with Crippen LogP contribution in [0.25, 0.3) is 11.1 Å². The molecule has 0 aliphatic carbocycles. The van der Waals surface area contributed by atoms with Gasteiger partial charge in [0.15, 0.2) is 0 Å². The van der Waals surface area contributed by atoms with Crippen LogP contribution in [0.15, 0.2) is 48.5 Å². The second-order valence-corrected chi connectivity index (χ2v) is 7.75. The number of rotatable bonds is 6. The summed E-state index contributed by atoms with van der Waals surface area (Å²) in [6.07, 6.45) is 0.670. The molecule has 0 spiro atoms. The fourth-order valence-corrected chi connectivity index (χ4v) is 3.98. The summed E-state index contributed by atoms with van der Waals surface area (Å²) >= 11 is 0. The maximum atomic E-state index is 13.2. The molecule has 2 amide bonds. The zero-order valence-electron chi connectivity index (χ0n) is 17.6. The standard InChI is InChI=1S/C24H31N3O2/c1-4-27-14-13-26(17-23(28)25-3)16-21(24(27)29)15-20-7-5-6-8-22(20)19-11-9-18(2)10-12-19/h5-12,21H,4,13-17H2,1-3H3,(H,25,28)/t21-/m1/s1. The summed E-state index contributed by atoms with van der Waals surface area (Å²) in [6.45, 7) is 7.13. The highest BCUT2D eigenvalue weighted by atomic mass is 16.2. The van der Waals surface area contributed by atoms with Crippen LogP contribution in [0.2, 0.25) is 0 Å². The van der Waals surface area contributed by atoms with Crippen LogP contribution < -0.4 is 5.32 Å². The van der Waals surface area contributed by atoms with E-state index in [0.29, 0.717) is 32.6 Å². The molecule has 1 fully saturated rings. The van der Waals surface area contributed by atoms with Crippen molar-refractivity contribution in [2.75, 3.05) is 39.8 Å². The maximum Gasteiger partial charge on any atom is 0.233 e. The molecule has 154 valence electrons. The van der Waals surface area contributed by atoms with E-state index in [4.69, 9.17) is 0 Å². The smallest absolute Gasteiger partial charge is 0.233 e. The van der Waals surface area contributed by atoms with E-state index in [-0.39, 0.29) is 17.7 Å². The van der Waals surface area contributed by atoms with Crippen molar-refractivity contribution in [1.29, 1.82) is 0 Å². The van der Waals surface area contributed by atoms with Gasteiger partial charge in [-0.3, -0.25) is 14.5 Å². The molecule has 1 N–H and O–H groups in total. The fraction of sp³-hybridized carbons (Fsp3) is 0.417. The van der Waals surface area contributed by atoms with Crippen LogP contribution in [-0.2, 0) is 16.0 Å². The Kier molecular flexibility index (Phi) is 7.04. The molecule has 0 aromatic heterocycles. The van der Waals surface area contributed by atoms with Gasteiger partial charge in [-0.2, -0.15) is 0 Å². The minimum atomic E-state index is -0.159. The molecule has 5 nitrogen and oxygen atoms in total. The zero-order chi connectivity index (χ0) is 20.8. The Morgan fingerprint density at radius 2 is 1.83 bits per heavy atom. The van der Waals surface area contributed by atoms with Crippen LogP contribution in [0.4, 0.5) is 0 Å². The average Bonchev–Trinajstić information content (AvgIpc) is 2.88. The molecule has 0 radical (unpaired) electrons. The first-order valence-corrected chi connectivity index (χ1v) is 10.4. The normalized spacial score (nSPS) is 17.8. The lowest BCUT2D eigenvalue weighted by Crippen LogP contribution is -2.39. The molecule has 3 rings (SSSR count). The van der Waals surface area contributed by atoms with E-state index >= 15 is 0 Å². The molecule has 5 heteroatoms. The average molecular weight is 394 g/mol. The minimum absolute atomic E-state index is 0.0128. The third-order valence-electron chi connectivity index (χ3n) is 5.70. The van der Waals surface area contributed by atoms with Crippen molar-refractivity contribution in [3.05, 3.63) is 59.7 Å². The predicted octanol–water partition coefficient (Wildman–Crippen LogP) is 2.73. The van der Waals surface area contributed by atoms with Crippen molar-refractivity contribution in [3.63, 3.8) is 0 Å². The van der Waals surface area contributed by atoms with Crippen LogP contribution in [0, 0.1) is 12.8 Å². The fourth-order valence-electron chi connectivity index (χ4n) is 3.98. The number of nitrogens with one attached hydrogen (secondary N) is 1. The molecule has 1 aliphatic heterocycles. The first-order chi connectivity index (χ1) is 14.0. The number of carbonyl (C=O) groups excluding carboxylic acids is 2. The second-order valence-electron chi connectivity index (χ2n) is 7.75. The van der Waals surface area contributed by atoms with Gasteiger partial charge in [0.25, 0.3) is 0 Å². The van der Waals surface area contributed by atoms with E-state index in [1.165, 1.54) is 22.3 Å². The topological polar surface area (TPSA) is 52.6 Å². The molecule has 0 saturated carbocycles. The van der Waals surface area contributed by atoms with Gasteiger partial charge in [0, 0.05) is 33.2 Å². The lowest BCUT2D eigenvalue weighted by Gasteiger charge is -2.24. The van der Waals surface area contributed by atoms with Crippen molar-refractivity contribution in [2.24, 2.45) is 5.92 Å². The molecule has 29 heavy (non-hydrogen) atoms. The van der Waals surface area contributed by atoms with Gasteiger partial charge in [0.1, 0.15) is 0 Å². The summed E-state index contributed by atoms with van der Waals surface area (Å²) in [6, 6.07) is 16.8. The Hall–Kier alpha value is -2.66. The van der Waals surface area contributed by atoms with Crippen molar-refractivity contribution in [2.45, 2.75) is 20.3 Å². The van der Waals surface area contributed by atoms with Gasteiger partial charge in [-0.05, 0) is 37.0 Å². The van der Waals surface area contributed by atoms with E-state index in [0.717, 1.165) is 6.54 Å². The Morgan fingerprint density at radius 3 is 2.52 bits per heavy atom. The molecule has 1 saturated heterocycles. The number of hydrogen-bond donors (Lipinski definition) is 1. The number of benzene rings is 2. The van der Waals surface area contributed by atoms with Crippen molar-refractivity contribution in [1.82, 2.24) is 15.1 Å². The van der Waals surface area contributed by atoms with E-state index in [1.807, 2.05) is 24.0 Å². The van der Waals surface area contributed by atoms with Gasteiger partial charge in [-0.25, -0.2) is 0 Å². The Morgan fingerprint density at radius 1 is 1.10 bits per heavy atom. The highest BCUT2D eigenvalue weighted by Gasteiger charge is 2.30. The third kappa shape index (κ3) is 5.24. The van der Waals surface area contributed by atoms with Crippen molar-refractivity contribution >= 4 is 11.8 Å². The van der Waals surface area contributed by atoms with Gasteiger partial charge >= 0.3 is 0 Å². The molecule has 0 bridgehead atoms. The van der Waals surface area contributed by atoms with Crippen molar-refractivity contribution < 1.29 is 9.59 Å². The van der Waals surface area contributed by atoms with Gasteiger partial charge in [-0.15, -0.1) is 0 Å². The van der Waals surface area contributed by atoms with E-state index < -0.39 is 0 Å². The first-order valence-electron chi connectivity index (χ1n) is 10.4. The van der Waals surface area contributed by atoms with Crippen LogP contribution in [-0.4, -0.2) is 61.4 Å². The summed E-state index contributed by atoms with van der Waals surface area (Å²) in [5.74, 6) is 0.0144. The molecular formula is C24H31N3O2. The molecule has 2 aromatic rings. The van der Waals surface area contributed by atoms with Crippen LogP contribution in [0.3, 0.4) is 0 Å². The lowest BCUT2D eigenvalue weighted by atomic mass is 9.91. The maximum absolute atomic E-state index is 13.2. The Balaban J connectivity index is 1.87. The predicted molar refractivity (Wildman–Crippen MR) is 117 cm³/mol. The molecule has 1 aliphatic rings. The zero-order valence-corrected chi connectivity index (χ0v) is 17.6. The second kappa shape index (κ2) is 9.70. The number of hydrogen-bond acceptors (Lipinski definition) is 3. The highest BCUT2D eigenvalue weighted by molar-refractivity contribution is 5.81. The SMILES string of the molecule is CCN1CCN(CC(=O)NC)C[C@@H](Cc2ccccc2-c2ccc(C)cc2)C1=O.